The first-order valence-corrected chi connectivity index (χ1v) is 8.69. The Morgan fingerprint density at radius 3 is 2.24 bits per heavy atom. The minimum absolute atomic E-state index is 0.301. The minimum atomic E-state index is 0.301. The van der Waals surface area contributed by atoms with E-state index in [4.69, 9.17) is 16.9 Å². The molecule has 0 amide bonds. The summed E-state index contributed by atoms with van der Waals surface area (Å²) in [6.07, 6.45) is 0. The van der Waals surface area contributed by atoms with E-state index in [2.05, 4.69) is 28.9 Å². The Balaban J connectivity index is 1.67. The molecule has 0 spiro atoms. The van der Waals surface area contributed by atoms with Crippen LogP contribution in [0.25, 0.3) is 0 Å². The molecule has 126 valence electrons. The summed E-state index contributed by atoms with van der Waals surface area (Å²) >= 11 is 5.99. The molecule has 2 aromatic rings. The van der Waals surface area contributed by atoms with E-state index in [-0.39, 0.29) is 0 Å². The Labute approximate surface area is 153 Å². The third kappa shape index (κ3) is 3.77. The molecule has 0 aliphatic carbocycles. The standard InChI is InChI=1S/C20H19ClN4/c1-15(17-4-2-16(13-22)3-5-17)24-8-10-25(11-9-24)20-7-6-19(21)12-18(20)14-23/h2-7,12,15H,8-11H2,1H3. The van der Waals surface area contributed by atoms with E-state index in [0.29, 0.717) is 22.2 Å². The highest BCUT2D eigenvalue weighted by atomic mass is 35.5. The number of hydrogen-bond donors (Lipinski definition) is 0. The van der Waals surface area contributed by atoms with Gasteiger partial charge in [-0.25, -0.2) is 0 Å². The van der Waals surface area contributed by atoms with Crippen molar-refractivity contribution in [1.29, 1.82) is 10.5 Å². The lowest BCUT2D eigenvalue weighted by Crippen LogP contribution is -2.47. The van der Waals surface area contributed by atoms with Crippen molar-refractivity contribution >= 4 is 17.3 Å². The number of nitriles is 2. The molecule has 4 nitrogen and oxygen atoms in total. The second kappa shape index (κ2) is 7.57. The Hall–Kier alpha value is -2.53. The van der Waals surface area contributed by atoms with Crippen LogP contribution in [0.3, 0.4) is 0 Å². The van der Waals surface area contributed by atoms with Crippen molar-refractivity contribution in [1.82, 2.24) is 4.90 Å². The van der Waals surface area contributed by atoms with Gasteiger partial charge in [-0.05, 0) is 42.8 Å². The number of benzene rings is 2. The highest BCUT2D eigenvalue weighted by Gasteiger charge is 2.23. The van der Waals surface area contributed by atoms with Crippen molar-refractivity contribution in [2.24, 2.45) is 0 Å². The van der Waals surface area contributed by atoms with Crippen molar-refractivity contribution in [2.45, 2.75) is 13.0 Å². The molecule has 25 heavy (non-hydrogen) atoms. The van der Waals surface area contributed by atoms with Gasteiger partial charge in [-0.1, -0.05) is 23.7 Å². The predicted octanol–water partition coefficient (Wildman–Crippen LogP) is 3.97. The zero-order chi connectivity index (χ0) is 17.8. The average molecular weight is 351 g/mol. The monoisotopic (exact) mass is 350 g/mol. The maximum Gasteiger partial charge on any atom is 0.101 e. The summed E-state index contributed by atoms with van der Waals surface area (Å²) in [5, 5.41) is 18.8. The number of halogens is 1. The summed E-state index contributed by atoms with van der Waals surface area (Å²) in [6, 6.07) is 18.0. The number of nitrogens with zero attached hydrogens (tertiary/aromatic N) is 4. The first-order valence-electron chi connectivity index (χ1n) is 8.31. The van der Waals surface area contributed by atoms with Gasteiger partial charge < -0.3 is 4.90 Å². The molecule has 2 aromatic carbocycles. The van der Waals surface area contributed by atoms with Crippen molar-refractivity contribution in [2.75, 3.05) is 31.1 Å². The maximum absolute atomic E-state index is 9.34. The highest BCUT2D eigenvalue weighted by molar-refractivity contribution is 6.30. The van der Waals surface area contributed by atoms with Crippen molar-refractivity contribution in [3.05, 3.63) is 64.2 Å². The topological polar surface area (TPSA) is 54.1 Å². The Morgan fingerprint density at radius 2 is 1.64 bits per heavy atom. The second-order valence-corrected chi connectivity index (χ2v) is 6.64. The molecular weight excluding hydrogens is 332 g/mol. The fourth-order valence-electron chi connectivity index (χ4n) is 3.27. The third-order valence-corrected chi connectivity index (χ3v) is 5.04. The van der Waals surface area contributed by atoms with Crippen LogP contribution in [0.1, 0.15) is 29.7 Å². The smallest absolute Gasteiger partial charge is 0.101 e. The van der Waals surface area contributed by atoms with Gasteiger partial charge in [0.25, 0.3) is 0 Å². The van der Waals surface area contributed by atoms with Crippen LogP contribution >= 0.6 is 11.6 Å². The van der Waals surface area contributed by atoms with Gasteiger partial charge in [0, 0.05) is 37.2 Å². The summed E-state index contributed by atoms with van der Waals surface area (Å²) in [7, 11) is 0. The lowest BCUT2D eigenvalue weighted by Gasteiger charge is -2.39. The quantitative estimate of drug-likeness (QED) is 0.840. The Morgan fingerprint density at radius 1 is 0.960 bits per heavy atom. The van der Waals surface area contributed by atoms with Gasteiger partial charge in [-0.15, -0.1) is 0 Å². The molecule has 0 radical (unpaired) electrons. The van der Waals surface area contributed by atoms with E-state index < -0.39 is 0 Å². The maximum atomic E-state index is 9.34. The lowest BCUT2D eigenvalue weighted by molar-refractivity contribution is 0.198. The molecule has 1 unspecified atom stereocenters. The second-order valence-electron chi connectivity index (χ2n) is 6.21. The number of hydrogen-bond acceptors (Lipinski definition) is 4. The van der Waals surface area contributed by atoms with Crippen LogP contribution in [0.4, 0.5) is 5.69 Å². The number of piperazine rings is 1. The summed E-state index contributed by atoms with van der Waals surface area (Å²) in [6.45, 7) is 5.79. The zero-order valence-electron chi connectivity index (χ0n) is 14.1. The van der Waals surface area contributed by atoms with Crippen LogP contribution in [-0.2, 0) is 0 Å². The third-order valence-electron chi connectivity index (χ3n) is 4.80. The van der Waals surface area contributed by atoms with Gasteiger partial charge in [0.2, 0.25) is 0 Å². The molecule has 5 heteroatoms. The van der Waals surface area contributed by atoms with E-state index in [1.54, 1.807) is 6.07 Å². The van der Waals surface area contributed by atoms with Gasteiger partial charge in [0.15, 0.2) is 0 Å². The summed E-state index contributed by atoms with van der Waals surface area (Å²) in [5.74, 6) is 0. The number of anilines is 1. The first-order chi connectivity index (χ1) is 12.1. The molecular formula is C20H19ClN4. The van der Waals surface area contributed by atoms with Crippen LogP contribution in [0.5, 0.6) is 0 Å². The van der Waals surface area contributed by atoms with Gasteiger partial charge in [-0.3, -0.25) is 4.90 Å². The molecule has 1 heterocycles. The fraction of sp³-hybridized carbons (Fsp3) is 0.300. The van der Waals surface area contributed by atoms with Crippen molar-refractivity contribution in [3.8, 4) is 12.1 Å². The molecule has 0 bridgehead atoms. The average Bonchev–Trinajstić information content (AvgIpc) is 2.67. The molecule has 3 rings (SSSR count). The summed E-state index contributed by atoms with van der Waals surface area (Å²) in [5.41, 5.74) is 3.49. The van der Waals surface area contributed by atoms with E-state index in [0.717, 1.165) is 31.9 Å². The molecule has 1 aliphatic heterocycles. The molecule has 1 fully saturated rings. The Bertz CT molecular complexity index is 824. The van der Waals surface area contributed by atoms with E-state index in [9.17, 15) is 5.26 Å². The lowest BCUT2D eigenvalue weighted by atomic mass is 10.0. The first kappa shape index (κ1) is 17.3. The van der Waals surface area contributed by atoms with Gasteiger partial charge in [0.05, 0.1) is 22.9 Å². The van der Waals surface area contributed by atoms with E-state index >= 15 is 0 Å². The Kier molecular flexibility index (Phi) is 5.24. The van der Waals surface area contributed by atoms with E-state index in [1.807, 2.05) is 36.4 Å². The molecule has 1 atom stereocenters. The minimum Gasteiger partial charge on any atom is -0.368 e. The zero-order valence-corrected chi connectivity index (χ0v) is 14.9. The number of rotatable bonds is 3. The fourth-order valence-corrected chi connectivity index (χ4v) is 3.44. The van der Waals surface area contributed by atoms with Gasteiger partial charge in [-0.2, -0.15) is 10.5 Å². The van der Waals surface area contributed by atoms with Crippen LogP contribution in [0.15, 0.2) is 42.5 Å². The molecule has 0 saturated carbocycles. The largest absolute Gasteiger partial charge is 0.368 e. The predicted molar refractivity (Wildman–Crippen MR) is 99.5 cm³/mol. The van der Waals surface area contributed by atoms with Crippen LogP contribution in [0.2, 0.25) is 5.02 Å². The molecule has 0 N–H and O–H groups in total. The van der Waals surface area contributed by atoms with Crippen molar-refractivity contribution < 1.29 is 0 Å². The van der Waals surface area contributed by atoms with Gasteiger partial charge in [0.1, 0.15) is 6.07 Å². The molecule has 0 aromatic heterocycles. The summed E-state index contributed by atoms with van der Waals surface area (Å²) in [4.78, 5) is 4.68. The molecule has 1 aliphatic rings. The van der Waals surface area contributed by atoms with Crippen LogP contribution in [-0.4, -0.2) is 31.1 Å². The van der Waals surface area contributed by atoms with E-state index in [1.165, 1.54) is 5.56 Å². The highest BCUT2D eigenvalue weighted by Crippen LogP contribution is 2.27. The normalized spacial score (nSPS) is 16.1. The van der Waals surface area contributed by atoms with Crippen LogP contribution < -0.4 is 4.90 Å². The summed E-state index contributed by atoms with van der Waals surface area (Å²) < 4.78 is 0. The molecule has 1 saturated heterocycles. The van der Waals surface area contributed by atoms with Crippen LogP contribution in [0, 0.1) is 22.7 Å². The van der Waals surface area contributed by atoms with Crippen molar-refractivity contribution in [3.63, 3.8) is 0 Å². The SMILES string of the molecule is CC(c1ccc(C#N)cc1)N1CCN(c2ccc(Cl)cc2C#N)CC1. The van der Waals surface area contributed by atoms with Gasteiger partial charge >= 0.3 is 0 Å².